The van der Waals surface area contributed by atoms with Gasteiger partial charge in [-0.05, 0) is 35.4 Å². The van der Waals surface area contributed by atoms with Crippen molar-refractivity contribution in [1.82, 2.24) is 4.98 Å². The Bertz CT molecular complexity index is 747. The maximum atomic E-state index is 13.7. The van der Waals surface area contributed by atoms with Crippen molar-refractivity contribution in [2.75, 3.05) is 19.1 Å². The number of halogens is 4. The number of hydrogen-bond donors (Lipinski definition) is 0. The largest absolute Gasteiger partial charge is 0.399 e. The van der Waals surface area contributed by atoms with E-state index in [4.69, 9.17) is 9.47 Å². The fourth-order valence-electron chi connectivity index (χ4n) is 3.00. The fraction of sp³-hybridized carbons (Fsp3) is 0.312. The highest BCUT2D eigenvalue weighted by molar-refractivity contribution is 5.76. The molecule has 2 aromatic rings. The van der Waals surface area contributed by atoms with Crippen LogP contribution in [-0.2, 0) is 9.47 Å². The van der Waals surface area contributed by atoms with Crippen molar-refractivity contribution in [3.8, 4) is 0 Å². The highest BCUT2D eigenvalue weighted by Crippen LogP contribution is 2.52. The third kappa shape index (κ3) is 2.61. The SMILES string of the molecule is COC(OC)N1c2ccc(F)cc2C(C(F)(F)F)c2ccncc21. The Morgan fingerprint density at radius 3 is 2.42 bits per heavy atom. The molecule has 3 rings (SSSR count). The first-order chi connectivity index (χ1) is 11.4. The summed E-state index contributed by atoms with van der Waals surface area (Å²) in [6.45, 7) is 0. The average molecular weight is 342 g/mol. The molecule has 1 atom stereocenters. The monoisotopic (exact) mass is 342 g/mol. The zero-order valence-electron chi connectivity index (χ0n) is 12.8. The number of nitrogens with zero attached hydrogens (tertiary/aromatic N) is 2. The van der Waals surface area contributed by atoms with Gasteiger partial charge in [-0.1, -0.05) is 0 Å². The summed E-state index contributed by atoms with van der Waals surface area (Å²) in [5.74, 6) is -2.70. The molecule has 1 aromatic heterocycles. The van der Waals surface area contributed by atoms with Gasteiger partial charge < -0.3 is 9.47 Å². The number of pyridine rings is 1. The Kier molecular flexibility index (Phi) is 4.18. The van der Waals surface area contributed by atoms with Gasteiger partial charge in [-0.15, -0.1) is 0 Å². The van der Waals surface area contributed by atoms with Crippen LogP contribution >= 0.6 is 0 Å². The normalized spacial score (nSPS) is 17.0. The summed E-state index contributed by atoms with van der Waals surface area (Å²) in [5.41, 5.74) is 0.135. The zero-order valence-corrected chi connectivity index (χ0v) is 12.8. The molecule has 128 valence electrons. The number of methoxy groups -OCH3 is 2. The first-order valence-electron chi connectivity index (χ1n) is 7.03. The number of ether oxygens (including phenoxy) is 2. The maximum Gasteiger partial charge on any atom is 0.399 e. The molecule has 1 aliphatic rings. The Hall–Kier alpha value is -2.19. The summed E-state index contributed by atoms with van der Waals surface area (Å²) >= 11 is 0. The molecule has 24 heavy (non-hydrogen) atoms. The molecule has 0 aliphatic carbocycles. The lowest BCUT2D eigenvalue weighted by Gasteiger charge is -2.40. The van der Waals surface area contributed by atoms with Crippen LogP contribution in [0, 0.1) is 5.82 Å². The van der Waals surface area contributed by atoms with Crippen molar-refractivity contribution in [2.24, 2.45) is 0 Å². The fourth-order valence-corrected chi connectivity index (χ4v) is 3.00. The summed E-state index contributed by atoms with van der Waals surface area (Å²) < 4.78 is 65.2. The second-order valence-electron chi connectivity index (χ2n) is 5.26. The Labute approximate surface area is 135 Å². The van der Waals surface area contributed by atoms with Crippen LogP contribution in [0.2, 0.25) is 0 Å². The molecule has 1 aromatic carbocycles. The summed E-state index contributed by atoms with van der Waals surface area (Å²) in [6, 6.07) is 4.55. The molecule has 0 bridgehead atoms. The van der Waals surface area contributed by atoms with Gasteiger partial charge in [0.15, 0.2) is 0 Å². The van der Waals surface area contributed by atoms with E-state index >= 15 is 0 Å². The Morgan fingerprint density at radius 1 is 1.08 bits per heavy atom. The maximum absolute atomic E-state index is 13.7. The van der Waals surface area contributed by atoms with Crippen molar-refractivity contribution in [1.29, 1.82) is 0 Å². The predicted octanol–water partition coefficient (Wildman–Crippen LogP) is 3.94. The van der Waals surface area contributed by atoms with Gasteiger partial charge in [-0.25, -0.2) is 4.39 Å². The van der Waals surface area contributed by atoms with Gasteiger partial charge in [0.25, 0.3) is 0 Å². The third-order valence-electron chi connectivity index (χ3n) is 3.90. The molecule has 4 nitrogen and oxygen atoms in total. The minimum absolute atomic E-state index is 0.0327. The lowest BCUT2D eigenvalue weighted by Crippen LogP contribution is -2.40. The topological polar surface area (TPSA) is 34.6 Å². The van der Waals surface area contributed by atoms with Gasteiger partial charge in [0.05, 0.1) is 17.6 Å². The highest BCUT2D eigenvalue weighted by atomic mass is 19.4. The molecule has 1 aliphatic heterocycles. The first-order valence-corrected chi connectivity index (χ1v) is 7.03. The summed E-state index contributed by atoms with van der Waals surface area (Å²) in [7, 11) is 2.73. The highest BCUT2D eigenvalue weighted by Gasteiger charge is 2.48. The van der Waals surface area contributed by atoms with E-state index in [0.717, 1.165) is 12.1 Å². The van der Waals surface area contributed by atoms with Crippen molar-refractivity contribution in [2.45, 2.75) is 18.5 Å². The van der Waals surface area contributed by atoms with E-state index in [0.29, 0.717) is 0 Å². The molecule has 0 N–H and O–H groups in total. The van der Waals surface area contributed by atoms with Gasteiger partial charge in [0.1, 0.15) is 11.7 Å². The molecule has 1 unspecified atom stereocenters. The summed E-state index contributed by atoms with van der Waals surface area (Å²) in [6.07, 6.45) is -2.98. The van der Waals surface area contributed by atoms with Crippen molar-refractivity contribution >= 4 is 11.4 Å². The smallest absolute Gasteiger partial charge is 0.338 e. The molecule has 0 saturated heterocycles. The average Bonchev–Trinajstić information content (AvgIpc) is 2.53. The lowest BCUT2D eigenvalue weighted by atomic mass is 9.85. The number of benzene rings is 1. The van der Waals surface area contributed by atoms with Gasteiger partial charge in [-0.2, -0.15) is 13.2 Å². The number of aromatic nitrogens is 1. The molecule has 0 amide bonds. The number of fused-ring (bicyclic) bond motifs is 2. The quantitative estimate of drug-likeness (QED) is 0.625. The van der Waals surface area contributed by atoms with Crippen LogP contribution in [0.4, 0.5) is 28.9 Å². The number of hydrogen-bond acceptors (Lipinski definition) is 4. The van der Waals surface area contributed by atoms with Crippen molar-refractivity contribution in [3.63, 3.8) is 0 Å². The van der Waals surface area contributed by atoms with Crippen LogP contribution in [0.3, 0.4) is 0 Å². The van der Waals surface area contributed by atoms with E-state index in [-0.39, 0.29) is 22.5 Å². The van der Waals surface area contributed by atoms with Gasteiger partial charge in [0.2, 0.25) is 6.41 Å². The van der Waals surface area contributed by atoms with Crippen LogP contribution in [0.1, 0.15) is 17.0 Å². The Balaban J connectivity index is 2.31. The van der Waals surface area contributed by atoms with E-state index in [1.165, 1.54) is 43.6 Å². The molecular formula is C16H14F4N2O2. The van der Waals surface area contributed by atoms with Crippen molar-refractivity contribution < 1.29 is 27.0 Å². The zero-order chi connectivity index (χ0) is 17.5. The van der Waals surface area contributed by atoms with Crippen molar-refractivity contribution in [3.05, 3.63) is 53.6 Å². The molecule has 0 spiro atoms. The lowest BCUT2D eigenvalue weighted by molar-refractivity contribution is -0.142. The first kappa shape index (κ1) is 16.7. The summed E-state index contributed by atoms with van der Waals surface area (Å²) in [5, 5.41) is 0. The van der Waals surface area contributed by atoms with Crippen LogP contribution in [0.15, 0.2) is 36.7 Å². The van der Waals surface area contributed by atoms with Gasteiger partial charge >= 0.3 is 6.18 Å². The molecule has 0 fully saturated rings. The van der Waals surface area contributed by atoms with E-state index < -0.39 is 24.3 Å². The number of rotatable bonds is 3. The molecule has 2 heterocycles. The molecule has 8 heteroatoms. The van der Waals surface area contributed by atoms with Crippen LogP contribution in [0.25, 0.3) is 0 Å². The minimum Gasteiger partial charge on any atom is -0.338 e. The Morgan fingerprint density at radius 2 is 1.79 bits per heavy atom. The minimum atomic E-state index is -4.58. The molecule has 0 saturated carbocycles. The van der Waals surface area contributed by atoms with E-state index in [2.05, 4.69) is 4.98 Å². The predicted molar refractivity (Wildman–Crippen MR) is 78.5 cm³/mol. The number of anilines is 2. The third-order valence-corrected chi connectivity index (χ3v) is 3.90. The molecular weight excluding hydrogens is 328 g/mol. The van der Waals surface area contributed by atoms with Gasteiger partial charge in [0, 0.05) is 20.4 Å². The van der Waals surface area contributed by atoms with Crippen LogP contribution in [-0.4, -0.2) is 31.8 Å². The second kappa shape index (κ2) is 6.03. The van der Waals surface area contributed by atoms with Crippen LogP contribution < -0.4 is 4.90 Å². The van der Waals surface area contributed by atoms with E-state index in [1.54, 1.807) is 0 Å². The van der Waals surface area contributed by atoms with Crippen LogP contribution in [0.5, 0.6) is 0 Å². The molecule has 0 radical (unpaired) electrons. The summed E-state index contributed by atoms with van der Waals surface area (Å²) in [4.78, 5) is 5.34. The van der Waals surface area contributed by atoms with E-state index in [1.807, 2.05) is 0 Å². The van der Waals surface area contributed by atoms with Gasteiger partial charge in [-0.3, -0.25) is 9.88 Å². The standard InChI is InChI=1S/C16H14F4N2O2/c1-23-15(24-2)22-12-4-3-9(17)7-11(12)14(16(18,19)20)10-5-6-21-8-13(10)22/h3-8,14-15H,1-2H3. The second-order valence-corrected chi connectivity index (χ2v) is 5.26. The van der Waals surface area contributed by atoms with E-state index in [9.17, 15) is 17.6 Å². The number of alkyl halides is 3.